The van der Waals surface area contributed by atoms with E-state index in [0.29, 0.717) is 43.9 Å². The lowest BCUT2D eigenvalue weighted by Gasteiger charge is -2.13. The quantitative estimate of drug-likeness (QED) is 0.110. The molecule has 5 aromatic rings. The third kappa shape index (κ3) is 6.39. The molecular weight excluding hydrogens is 588 g/mol. The van der Waals surface area contributed by atoms with Gasteiger partial charge in [-0.25, -0.2) is 10.4 Å². The van der Waals surface area contributed by atoms with E-state index in [4.69, 9.17) is 14.5 Å². The summed E-state index contributed by atoms with van der Waals surface area (Å²) < 4.78 is 12.0. The van der Waals surface area contributed by atoms with Gasteiger partial charge in [0.1, 0.15) is 6.61 Å². The van der Waals surface area contributed by atoms with Crippen molar-refractivity contribution in [2.45, 2.75) is 6.61 Å². The molecule has 1 aromatic heterocycles. The maximum atomic E-state index is 13.2. The first-order chi connectivity index (χ1) is 19.9. The first-order valence-electron chi connectivity index (χ1n) is 12.4. The molecule has 0 saturated heterocycles. The minimum atomic E-state index is -0.452. The highest BCUT2D eigenvalue weighted by atomic mass is 79.9. The van der Waals surface area contributed by atoms with Gasteiger partial charge in [0, 0.05) is 23.1 Å². The van der Waals surface area contributed by atoms with Gasteiger partial charge in [0.25, 0.3) is 11.6 Å². The number of ether oxygens (including phenoxy) is 2. The normalized spacial score (nSPS) is 11.0. The minimum absolute atomic E-state index is 0.0122. The molecule has 0 radical (unpaired) electrons. The van der Waals surface area contributed by atoms with Crippen molar-refractivity contribution >= 4 is 44.6 Å². The zero-order valence-corrected chi connectivity index (χ0v) is 23.4. The number of hydrazone groups is 1. The molecule has 4 aromatic carbocycles. The number of halogens is 1. The largest absolute Gasteiger partial charge is 0.493 e. The van der Waals surface area contributed by atoms with Gasteiger partial charge < -0.3 is 9.47 Å². The van der Waals surface area contributed by atoms with Crippen molar-refractivity contribution in [3.63, 3.8) is 0 Å². The number of carbonyl (C=O) groups is 1. The number of carbonyl (C=O) groups excluding carboxylic acids is 1. The Hall–Kier alpha value is -5.09. The van der Waals surface area contributed by atoms with Crippen LogP contribution in [0.3, 0.4) is 0 Å². The number of non-ortho nitro benzene ring substituents is 1. The molecule has 1 amide bonds. The SMILES string of the molecule is COc1cc(/C=N/NC(=O)c2cc(-c3ccccc3)nc3ccccc23)cc(Br)c1OCc1cccc([N+](=O)[O-])c1. The molecule has 0 spiro atoms. The summed E-state index contributed by atoms with van der Waals surface area (Å²) in [5.41, 5.74) is 6.63. The summed E-state index contributed by atoms with van der Waals surface area (Å²) in [7, 11) is 1.50. The third-order valence-corrected chi connectivity index (χ3v) is 6.76. The molecule has 0 aliphatic carbocycles. The Labute approximate surface area is 243 Å². The van der Waals surface area contributed by atoms with Gasteiger partial charge in [-0.05, 0) is 51.3 Å². The summed E-state index contributed by atoms with van der Waals surface area (Å²) in [4.78, 5) is 28.5. The van der Waals surface area contributed by atoms with Gasteiger partial charge in [-0.2, -0.15) is 5.10 Å². The number of hydrogen-bond acceptors (Lipinski definition) is 7. The van der Waals surface area contributed by atoms with Crippen LogP contribution in [0.2, 0.25) is 0 Å². The van der Waals surface area contributed by atoms with Crippen LogP contribution in [0.5, 0.6) is 11.5 Å². The number of benzene rings is 4. The maximum Gasteiger partial charge on any atom is 0.272 e. The predicted octanol–water partition coefficient (Wildman–Crippen LogP) is 6.92. The number of rotatable bonds is 9. The van der Waals surface area contributed by atoms with Crippen molar-refractivity contribution in [3.8, 4) is 22.8 Å². The molecule has 1 N–H and O–H groups in total. The van der Waals surface area contributed by atoms with E-state index in [1.54, 1.807) is 30.3 Å². The summed E-state index contributed by atoms with van der Waals surface area (Å²) in [5.74, 6) is 0.474. The van der Waals surface area contributed by atoms with Gasteiger partial charge in [-0.1, -0.05) is 60.7 Å². The lowest BCUT2D eigenvalue weighted by atomic mass is 10.0. The fourth-order valence-electron chi connectivity index (χ4n) is 4.22. The van der Waals surface area contributed by atoms with Crippen molar-refractivity contribution in [3.05, 3.63) is 128 Å². The molecule has 1 heterocycles. The zero-order valence-electron chi connectivity index (χ0n) is 21.8. The number of nitro benzene ring substituents is 1. The van der Waals surface area contributed by atoms with Crippen LogP contribution in [0.15, 0.2) is 107 Å². The molecule has 0 saturated carbocycles. The van der Waals surface area contributed by atoms with Gasteiger partial charge in [-0.3, -0.25) is 14.9 Å². The number of methoxy groups -OCH3 is 1. The van der Waals surface area contributed by atoms with Gasteiger partial charge in [0.2, 0.25) is 0 Å². The molecule has 0 bridgehead atoms. The first-order valence-corrected chi connectivity index (χ1v) is 13.2. The van der Waals surface area contributed by atoms with Crippen LogP contribution >= 0.6 is 15.9 Å². The van der Waals surface area contributed by atoms with Gasteiger partial charge >= 0.3 is 0 Å². The fraction of sp³-hybridized carbons (Fsp3) is 0.0645. The average Bonchev–Trinajstić information content (AvgIpc) is 3.00. The van der Waals surface area contributed by atoms with Crippen LogP contribution in [0.1, 0.15) is 21.5 Å². The molecule has 0 aliphatic heterocycles. The standard InChI is InChI=1S/C31H23BrN4O5/c1-40-29-16-21(15-26(32)30(29)41-19-20-8-7-11-23(14-20)36(38)39)18-33-35-31(37)25-17-28(22-9-3-2-4-10-22)34-27-13-6-5-12-24(25)27/h2-18H,19H2,1H3,(H,35,37)/b33-18+. The molecule has 0 aliphatic rings. The number of nitrogens with one attached hydrogen (secondary N) is 1. The number of para-hydroxylation sites is 1. The number of hydrogen-bond donors (Lipinski definition) is 1. The Bertz CT molecular complexity index is 1780. The van der Waals surface area contributed by atoms with E-state index in [2.05, 4.69) is 26.5 Å². The maximum absolute atomic E-state index is 13.2. The lowest BCUT2D eigenvalue weighted by molar-refractivity contribution is -0.384. The Balaban J connectivity index is 1.34. The first kappa shape index (κ1) is 27.5. The van der Waals surface area contributed by atoms with Crippen LogP contribution in [-0.4, -0.2) is 29.1 Å². The molecule has 0 atom stereocenters. The van der Waals surface area contributed by atoms with E-state index in [-0.39, 0.29) is 18.2 Å². The summed E-state index contributed by atoms with van der Waals surface area (Å²) in [6.07, 6.45) is 1.50. The van der Waals surface area contributed by atoms with Crippen LogP contribution in [-0.2, 0) is 6.61 Å². The fourth-order valence-corrected chi connectivity index (χ4v) is 4.79. The van der Waals surface area contributed by atoms with Crippen molar-refractivity contribution in [2.24, 2.45) is 5.10 Å². The number of amides is 1. The van der Waals surface area contributed by atoms with Gasteiger partial charge in [-0.15, -0.1) is 0 Å². The topological polar surface area (TPSA) is 116 Å². The number of nitro groups is 1. The highest BCUT2D eigenvalue weighted by molar-refractivity contribution is 9.10. The third-order valence-electron chi connectivity index (χ3n) is 6.17. The van der Waals surface area contributed by atoms with Crippen molar-refractivity contribution in [1.82, 2.24) is 10.4 Å². The van der Waals surface area contributed by atoms with E-state index in [9.17, 15) is 14.9 Å². The van der Waals surface area contributed by atoms with Crippen molar-refractivity contribution in [2.75, 3.05) is 7.11 Å². The van der Waals surface area contributed by atoms with E-state index >= 15 is 0 Å². The number of aromatic nitrogens is 1. The summed E-state index contributed by atoms with van der Waals surface area (Å²) in [5, 5.41) is 15.9. The zero-order chi connectivity index (χ0) is 28.8. The second-order valence-corrected chi connectivity index (χ2v) is 9.74. The number of pyridine rings is 1. The Kier molecular flexibility index (Phi) is 8.31. The average molecular weight is 611 g/mol. The molecule has 41 heavy (non-hydrogen) atoms. The van der Waals surface area contributed by atoms with Crippen LogP contribution in [0.4, 0.5) is 5.69 Å². The molecule has 0 unspecified atom stereocenters. The van der Waals surface area contributed by atoms with E-state index < -0.39 is 4.92 Å². The Morgan fingerprint density at radius 3 is 2.59 bits per heavy atom. The molecule has 9 nitrogen and oxygen atoms in total. The minimum Gasteiger partial charge on any atom is -0.493 e. The highest BCUT2D eigenvalue weighted by Gasteiger charge is 2.15. The smallest absolute Gasteiger partial charge is 0.272 e. The van der Waals surface area contributed by atoms with E-state index in [0.717, 1.165) is 10.9 Å². The number of nitrogens with zero attached hydrogens (tertiary/aromatic N) is 3. The molecule has 10 heteroatoms. The van der Waals surface area contributed by atoms with Crippen LogP contribution in [0.25, 0.3) is 22.2 Å². The highest BCUT2D eigenvalue weighted by Crippen LogP contribution is 2.37. The van der Waals surface area contributed by atoms with Gasteiger partial charge in [0.05, 0.1) is 39.5 Å². The molecular formula is C31H23BrN4O5. The predicted molar refractivity (Wildman–Crippen MR) is 160 cm³/mol. The van der Waals surface area contributed by atoms with Crippen molar-refractivity contribution < 1.29 is 19.2 Å². The second-order valence-electron chi connectivity index (χ2n) is 8.89. The van der Waals surface area contributed by atoms with Crippen LogP contribution in [0, 0.1) is 10.1 Å². The monoisotopic (exact) mass is 610 g/mol. The molecule has 0 fully saturated rings. The van der Waals surface area contributed by atoms with E-state index in [1.165, 1.54) is 25.5 Å². The molecule has 5 rings (SSSR count). The Morgan fingerprint density at radius 1 is 1.02 bits per heavy atom. The van der Waals surface area contributed by atoms with Gasteiger partial charge in [0.15, 0.2) is 11.5 Å². The second kappa shape index (κ2) is 12.4. The van der Waals surface area contributed by atoms with E-state index in [1.807, 2.05) is 54.6 Å². The van der Waals surface area contributed by atoms with Crippen LogP contribution < -0.4 is 14.9 Å². The van der Waals surface area contributed by atoms with Crippen molar-refractivity contribution in [1.29, 1.82) is 0 Å². The number of fused-ring (bicyclic) bond motifs is 1. The lowest BCUT2D eigenvalue weighted by Crippen LogP contribution is -2.18. The Morgan fingerprint density at radius 2 is 1.80 bits per heavy atom. The summed E-state index contributed by atoms with van der Waals surface area (Å²) in [6, 6.07) is 28.6. The molecule has 204 valence electrons. The summed E-state index contributed by atoms with van der Waals surface area (Å²) >= 11 is 3.50. The summed E-state index contributed by atoms with van der Waals surface area (Å²) in [6.45, 7) is 0.102.